The van der Waals surface area contributed by atoms with Crippen molar-refractivity contribution in [3.8, 4) is 0 Å². The molecule has 5 aromatic rings. The Hall–Kier alpha value is -5.86. The van der Waals surface area contributed by atoms with Gasteiger partial charge in [0.25, 0.3) is 0 Å². The highest BCUT2D eigenvalue weighted by molar-refractivity contribution is 6.35. The number of esters is 3. The first-order chi connectivity index (χ1) is 23.8. The molecule has 1 fully saturated rings. The highest BCUT2D eigenvalue weighted by Gasteiger charge is 2.52. The molecule has 0 radical (unpaired) electrons. The van der Waals surface area contributed by atoms with Crippen LogP contribution in [0.5, 0.6) is 0 Å². The van der Waals surface area contributed by atoms with Crippen LogP contribution >= 0.6 is 11.6 Å². The van der Waals surface area contributed by atoms with E-state index in [1.165, 1.54) is 10.7 Å². The van der Waals surface area contributed by atoms with Gasteiger partial charge in [0, 0.05) is 6.07 Å². The molecular formula is C34H28ClN5O9. The summed E-state index contributed by atoms with van der Waals surface area (Å²) < 4.78 is 30.0. The van der Waals surface area contributed by atoms with E-state index < -0.39 is 55.1 Å². The summed E-state index contributed by atoms with van der Waals surface area (Å²) in [6.07, 6.45) is -6.00. The highest BCUT2D eigenvalue weighted by atomic mass is 35.5. The molecule has 0 unspecified atom stereocenters. The predicted octanol–water partition coefficient (Wildman–Crippen LogP) is 5.25. The van der Waals surface area contributed by atoms with Gasteiger partial charge < -0.3 is 23.7 Å². The van der Waals surface area contributed by atoms with E-state index in [0.717, 1.165) is 0 Å². The molecule has 1 amide bonds. The zero-order valence-corrected chi connectivity index (χ0v) is 26.6. The number of carbonyl (C=O) groups excluding carboxylic acids is 4. The van der Waals surface area contributed by atoms with Crippen LogP contribution in [-0.4, -0.2) is 75.5 Å². The van der Waals surface area contributed by atoms with Crippen LogP contribution in [0.2, 0.25) is 5.02 Å². The molecule has 1 aliphatic rings. The minimum Gasteiger partial charge on any atom is -0.459 e. The topological polar surface area (TPSA) is 170 Å². The molecule has 0 saturated carbocycles. The summed E-state index contributed by atoms with van der Waals surface area (Å²) in [5, 5.41) is 10.9. The van der Waals surface area contributed by atoms with Crippen molar-refractivity contribution in [2.75, 3.05) is 18.5 Å². The Bertz CT molecular complexity index is 1960. The fourth-order valence-corrected chi connectivity index (χ4v) is 5.27. The fourth-order valence-electron chi connectivity index (χ4n) is 5.04. The first-order valence-corrected chi connectivity index (χ1v) is 15.4. The molecule has 3 aromatic carbocycles. The number of hydrogen-bond donors (Lipinski definition) is 1. The summed E-state index contributed by atoms with van der Waals surface area (Å²) in [4.78, 5) is 56.4. The normalized spacial score (nSPS) is 18.4. The van der Waals surface area contributed by atoms with E-state index in [1.54, 1.807) is 97.9 Å². The van der Waals surface area contributed by atoms with Crippen LogP contribution in [0.15, 0.2) is 97.1 Å². The number of amides is 1. The number of aromatic nitrogens is 4. The van der Waals surface area contributed by atoms with E-state index in [4.69, 9.17) is 35.3 Å². The lowest BCUT2D eigenvalue weighted by molar-refractivity contribution is -0.0661. The van der Waals surface area contributed by atoms with Crippen molar-refractivity contribution >= 4 is 52.6 Å². The summed E-state index contributed by atoms with van der Waals surface area (Å²) in [7, 11) is 0. The van der Waals surface area contributed by atoms with Gasteiger partial charge in [-0.15, -0.1) is 5.10 Å². The minimum absolute atomic E-state index is 0.00993. The Kier molecular flexibility index (Phi) is 10.1. The molecule has 0 aliphatic carbocycles. The van der Waals surface area contributed by atoms with Gasteiger partial charge in [-0.2, -0.15) is 4.68 Å². The first-order valence-electron chi connectivity index (χ1n) is 15.1. The molecule has 1 saturated heterocycles. The minimum atomic E-state index is -1.38. The Morgan fingerprint density at radius 2 is 1.35 bits per heavy atom. The lowest BCUT2D eigenvalue weighted by Crippen LogP contribution is -2.41. The van der Waals surface area contributed by atoms with Gasteiger partial charge in [0.05, 0.1) is 28.3 Å². The summed E-state index contributed by atoms with van der Waals surface area (Å²) in [6.45, 7) is 1.35. The molecule has 2 aromatic heterocycles. The van der Waals surface area contributed by atoms with Crippen molar-refractivity contribution in [2.24, 2.45) is 0 Å². The van der Waals surface area contributed by atoms with Crippen LogP contribution in [0, 0.1) is 0 Å². The van der Waals surface area contributed by atoms with Gasteiger partial charge in [-0.1, -0.05) is 71.4 Å². The number of nitrogens with zero attached hydrogens (tertiary/aromatic N) is 4. The number of pyridine rings is 1. The molecule has 0 spiro atoms. The second-order valence-corrected chi connectivity index (χ2v) is 10.9. The van der Waals surface area contributed by atoms with Crippen molar-refractivity contribution in [3.05, 3.63) is 119 Å². The molecule has 250 valence electrons. The second kappa shape index (κ2) is 14.9. The Morgan fingerprint density at radius 1 is 0.796 bits per heavy atom. The molecule has 3 heterocycles. The molecule has 1 N–H and O–H groups in total. The number of nitrogens with one attached hydrogen (secondary N) is 1. The van der Waals surface area contributed by atoms with E-state index in [1.807, 2.05) is 0 Å². The quantitative estimate of drug-likeness (QED) is 0.150. The standard InChI is InChI=1S/C34H28ClN5O9/c1-2-45-34(44)37-25-18-23(35)26-29(36-25)40(39-38-26)30-28(49-33(43)22-16-10-5-11-17-22)27(48-32(42)21-14-8-4-9-15-21)24(47-30)19-46-31(41)20-12-6-3-7-13-20/h3-18,24,27-28,30H,2,19H2,1H3,(H,36,37,44)/t24-,27-,28-,30-/m1/s1. The van der Waals surface area contributed by atoms with Crippen molar-refractivity contribution in [1.29, 1.82) is 0 Å². The number of benzene rings is 3. The van der Waals surface area contributed by atoms with Gasteiger partial charge in [0.1, 0.15) is 18.5 Å². The van der Waals surface area contributed by atoms with Crippen LogP contribution in [0.25, 0.3) is 11.2 Å². The third-order valence-electron chi connectivity index (χ3n) is 7.31. The van der Waals surface area contributed by atoms with Gasteiger partial charge in [0.2, 0.25) is 0 Å². The number of ether oxygens (including phenoxy) is 5. The number of rotatable bonds is 10. The van der Waals surface area contributed by atoms with Crippen LogP contribution < -0.4 is 5.32 Å². The molecular weight excluding hydrogens is 658 g/mol. The van der Waals surface area contributed by atoms with Gasteiger partial charge in [-0.3, -0.25) is 5.32 Å². The van der Waals surface area contributed by atoms with Gasteiger partial charge in [-0.25, -0.2) is 24.2 Å². The summed E-state index contributed by atoms with van der Waals surface area (Å²) in [5.41, 5.74) is 0.863. The highest BCUT2D eigenvalue weighted by Crippen LogP contribution is 2.37. The zero-order chi connectivity index (χ0) is 34.3. The summed E-state index contributed by atoms with van der Waals surface area (Å²) >= 11 is 6.48. The largest absolute Gasteiger partial charge is 0.459 e. The molecule has 4 atom stereocenters. The van der Waals surface area contributed by atoms with Gasteiger partial charge >= 0.3 is 24.0 Å². The third-order valence-corrected chi connectivity index (χ3v) is 7.60. The van der Waals surface area contributed by atoms with E-state index in [9.17, 15) is 19.2 Å². The lowest BCUT2D eigenvalue weighted by Gasteiger charge is -2.24. The number of halogens is 1. The summed E-state index contributed by atoms with van der Waals surface area (Å²) in [5.74, 6) is -2.16. The maximum Gasteiger partial charge on any atom is 0.412 e. The Balaban J connectivity index is 1.40. The maximum absolute atomic E-state index is 13.5. The van der Waals surface area contributed by atoms with Crippen molar-refractivity contribution in [3.63, 3.8) is 0 Å². The molecule has 0 bridgehead atoms. The van der Waals surface area contributed by atoms with Crippen LogP contribution in [0.4, 0.5) is 10.6 Å². The number of anilines is 1. The third kappa shape index (κ3) is 7.50. The predicted molar refractivity (Wildman–Crippen MR) is 173 cm³/mol. The van der Waals surface area contributed by atoms with Gasteiger partial charge in [0.15, 0.2) is 29.6 Å². The van der Waals surface area contributed by atoms with E-state index in [-0.39, 0.29) is 45.3 Å². The average molecular weight is 686 g/mol. The van der Waals surface area contributed by atoms with Crippen molar-refractivity contribution in [1.82, 2.24) is 20.0 Å². The van der Waals surface area contributed by atoms with Crippen LogP contribution in [0.3, 0.4) is 0 Å². The maximum atomic E-state index is 13.5. The monoisotopic (exact) mass is 685 g/mol. The van der Waals surface area contributed by atoms with E-state index >= 15 is 0 Å². The molecule has 49 heavy (non-hydrogen) atoms. The Morgan fingerprint density at radius 3 is 1.92 bits per heavy atom. The average Bonchev–Trinajstić information content (AvgIpc) is 3.69. The second-order valence-electron chi connectivity index (χ2n) is 10.5. The number of fused-ring (bicyclic) bond motifs is 1. The molecule has 6 rings (SSSR count). The number of hydrogen-bond acceptors (Lipinski definition) is 12. The molecule has 1 aliphatic heterocycles. The van der Waals surface area contributed by atoms with Crippen LogP contribution in [0.1, 0.15) is 44.2 Å². The SMILES string of the molecule is CCOC(=O)Nc1cc(Cl)c2nnn([C@@H]3O[C@H](COC(=O)c4ccccc4)[C@@H](OC(=O)c4ccccc4)[C@H]3OC(=O)c3ccccc3)c2n1. The van der Waals surface area contributed by atoms with Gasteiger partial charge in [-0.05, 0) is 43.3 Å². The summed E-state index contributed by atoms with van der Waals surface area (Å²) in [6, 6.07) is 26.0. The molecule has 15 heteroatoms. The molecule has 14 nitrogen and oxygen atoms in total. The van der Waals surface area contributed by atoms with E-state index in [2.05, 4.69) is 20.6 Å². The van der Waals surface area contributed by atoms with Crippen molar-refractivity contribution in [2.45, 2.75) is 31.5 Å². The van der Waals surface area contributed by atoms with E-state index in [0.29, 0.717) is 0 Å². The zero-order valence-electron chi connectivity index (χ0n) is 25.8. The van der Waals surface area contributed by atoms with Crippen molar-refractivity contribution < 1.29 is 42.9 Å². The smallest absolute Gasteiger partial charge is 0.412 e. The lowest BCUT2D eigenvalue weighted by atomic mass is 10.1. The Labute approximate surface area is 283 Å². The fraction of sp³-hybridized carbons (Fsp3) is 0.206. The number of carbonyl (C=O) groups is 4. The first kappa shape index (κ1) is 33.1. The van der Waals surface area contributed by atoms with Crippen LogP contribution in [-0.2, 0) is 23.7 Å².